The summed E-state index contributed by atoms with van der Waals surface area (Å²) in [6.07, 6.45) is 0. The van der Waals surface area contributed by atoms with E-state index in [0.29, 0.717) is 5.41 Å². The van der Waals surface area contributed by atoms with E-state index in [-0.39, 0.29) is 0 Å². The van der Waals surface area contributed by atoms with Crippen molar-refractivity contribution >= 4 is 0 Å². The topological polar surface area (TPSA) is 26.0 Å². The van der Waals surface area contributed by atoms with E-state index in [2.05, 4.69) is 40.4 Å². The van der Waals surface area contributed by atoms with Crippen molar-refractivity contribution in [2.24, 2.45) is 17.1 Å². The predicted molar refractivity (Wildman–Crippen MR) is 55.8 cm³/mol. The van der Waals surface area contributed by atoms with Crippen LogP contribution in [0.5, 0.6) is 0 Å². The molecule has 1 heteroatoms. The van der Waals surface area contributed by atoms with E-state index in [0.717, 1.165) is 5.92 Å². The molecule has 0 spiro atoms. The normalized spacial score (nSPS) is 9.27. The van der Waals surface area contributed by atoms with E-state index in [9.17, 15) is 0 Å². The molecule has 0 aliphatic heterocycles. The molecule has 2 N–H and O–H groups in total. The van der Waals surface area contributed by atoms with Crippen LogP contribution >= 0.6 is 0 Å². The van der Waals surface area contributed by atoms with Gasteiger partial charge in [-0.15, -0.1) is 0 Å². The molecule has 0 fully saturated rings. The van der Waals surface area contributed by atoms with Crippen LogP contribution in [0.15, 0.2) is 0 Å². The zero-order valence-corrected chi connectivity index (χ0v) is 9.65. The molecule has 1 nitrogen and oxygen atoms in total. The van der Waals surface area contributed by atoms with Gasteiger partial charge in [0.25, 0.3) is 0 Å². The molecule has 0 heterocycles. The Hall–Kier alpha value is -0.0400. The van der Waals surface area contributed by atoms with Gasteiger partial charge < -0.3 is 5.73 Å². The molecule has 72 valence electrons. The lowest BCUT2D eigenvalue weighted by Crippen LogP contribution is -2.12. The van der Waals surface area contributed by atoms with Gasteiger partial charge in [0.2, 0.25) is 0 Å². The minimum atomic E-state index is 0.500. The van der Waals surface area contributed by atoms with Crippen molar-refractivity contribution in [2.75, 3.05) is 7.05 Å². The van der Waals surface area contributed by atoms with Gasteiger partial charge in [-0.05, 0) is 18.4 Å². The first kappa shape index (κ1) is 17.2. The Balaban J connectivity index is -0.000000138. The van der Waals surface area contributed by atoms with Crippen LogP contribution in [0.4, 0.5) is 0 Å². The van der Waals surface area contributed by atoms with Gasteiger partial charge in [0, 0.05) is 0 Å². The van der Waals surface area contributed by atoms with Crippen molar-refractivity contribution in [1.29, 1.82) is 0 Å². The fourth-order valence-electron chi connectivity index (χ4n) is 0. The summed E-state index contributed by atoms with van der Waals surface area (Å²) < 4.78 is 0. The Morgan fingerprint density at radius 3 is 1.00 bits per heavy atom. The Morgan fingerprint density at radius 2 is 1.00 bits per heavy atom. The summed E-state index contributed by atoms with van der Waals surface area (Å²) in [4.78, 5) is 0. The third kappa shape index (κ3) is 17.8. The number of hydrogen-bond acceptors (Lipinski definition) is 1. The SMILES string of the molecule is CC.CC(C)C(C)(C)C.CN. The van der Waals surface area contributed by atoms with Crippen molar-refractivity contribution in [1.82, 2.24) is 0 Å². The third-order valence-electron chi connectivity index (χ3n) is 1.73. The monoisotopic (exact) mass is 161 g/mol. The molecule has 0 radical (unpaired) electrons. The molecular weight excluding hydrogens is 134 g/mol. The Labute approximate surface area is 73.4 Å². The zero-order chi connectivity index (χ0) is 10.1. The molecule has 11 heavy (non-hydrogen) atoms. The number of rotatable bonds is 0. The maximum atomic E-state index is 4.50. The molecule has 0 aromatic carbocycles. The fourth-order valence-corrected chi connectivity index (χ4v) is 0. The van der Waals surface area contributed by atoms with E-state index < -0.39 is 0 Å². The summed E-state index contributed by atoms with van der Waals surface area (Å²) in [5.74, 6) is 0.799. The van der Waals surface area contributed by atoms with Gasteiger partial charge in [0.05, 0.1) is 0 Å². The standard InChI is InChI=1S/C7H16.C2H6.CH5N/c1-6(2)7(3,4)5;2*1-2/h6H,1-5H3;1-2H3;2H2,1H3. The van der Waals surface area contributed by atoms with Gasteiger partial charge in [0.15, 0.2) is 0 Å². The van der Waals surface area contributed by atoms with Crippen LogP contribution in [0, 0.1) is 11.3 Å². The van der Waals surface area contributed by atoms with E-state index in [1.165, 1.54) is 7.05 Å². The molecular formula is C10H27N. The Bertz CT molecular complexity index is 50.4. The molecule has 0 unspecified atom stereocenters. The fraction of sp³-hybridized carbons (Fsp3) is 1.00. The second kappa shape index (κ2) is 9.96. The number of nitrogens with two attached hydrogens (primary N) is 1. The summed E-state index contributed by atoms with van der Waals surface area (Å²) in [5, 5.41) is 0. The van der Waals surface area contributed by atoms with E-state index in [1.54, 1.807) is 0 Å². The summed E-state index contributed by atoms with van der Waals surface area (Å²) in [6.45, 7) is 15.3. The molecule has 0 amide bonds. The van der Waals surface area contributed by atoms with Crippen LogP contribution in [0.3, 0.4) is 0 Å². The van der Waals surface area contributed by atoms with E-state index in [4.69, 9.17) is 0 Å². The summed E-state index contributed by atoms with van der Waals surface area (Å²) in [6, 6.07) is 0. The summed E-state index contributed by atoms with van der Waals surface area (Å²) in [7, 11) is 1.50. The average molecular weight is 161 g/mol. The lowest BCUT2D eigenvalue weighted by atomic mass is 9.84. The smallest absolute Gasteiger partial charge is 0.0195 e. The molecule has 0 aliphatic rings. The van der Waals surface area contributed by atoms with Crippen LogP contribution in [-0.4, -0.2) is 7.05 Å². The van der Waals surface area contributed by atoms with E-state index in [1.807, 2.05) is 13.8 Å². The highest BCUT2D eigenvalue weighted by molar-refractivity contribution is 4.64. The Kier molecular flexibility index (Phi) is 15.5. The first-order valence-electron chi connectivity index (χ1n) is 4.52. The minimum absolute atomic E-state index is 0.500. The highest BCUT2D eigenvalue weighted by atomic mass is 14.4. The Morgan fingerprint density at radius 1 is 0.909 bits per heavy atom. The van der Waals surface area contributed by atoms with Gasteiger partial charge in [-0.25, -0.2) is 0 Å². The number of hydrogen-bond donors (Lipinski definition) is 1. The van der Waals surface area contributed by atoms with Gasteiger partial charge in [-0.3, -0.25) is 0 Å². The van der Waals surface area contributed by atoms with Crippen molar-refractivity contribution in [2.45, 2.75) is 48.5 Å². The largest absolute Gasteiger partial charge is 0.333 e. The van der Waals surface area contributed by atoms with Gasteiger partial charge in [-0.1, -0.05) is 48.5 Å². The van der Waals surface area contributed by atoms with Crippen LogP contribution in [0.2, 0.25) is 0 Å². The molecule has 0 bridgehead atoms. The second-order valence-corrected chi connectivity index (χ2v) is 3.52. The van der Waals surface area contributed by atoms with E-state index >= 15 is 0 Å². The van der Waals surface area contributed by atoms with Crippen LogP contribution < -0.4 is 5.73 Å². The highest BCUT2D eigenvalue weighted by Gasteiger charge is 2.13. The second-order valence-electron chi connectivity index (χ2n) is 3.52. The lowest BCUT2D eigenvalue weighted by molar-refractivity contribution is 0.283. The molecule has 0 aromatic rings. The van der Waals surface area contributed by atoms with Crippen LogP contribution in [0.1, 0.15) is 48.5 Å². The minimum Gasteiger partial charge on any atom is -0.333 e. The molecule has 0 atom stereocenters. The van der Waals surface area contributed by atoms with Gasteiger partial charge >= 0.3 is 0 Å². The third-order valence-corrected chi connectivity index (χ3v) is 1.73. The molecule has 0 saturated heterocycles. The first-order chi connectivity index (χ1) is 4.94. The summed E-state index contributed by atoms with van der Waals surface area (Å²) >= 11 is 0. The maximum Gasteiger partial charge on any atom is -0.0195 e. The average Bonchev–Trinajstić information content (AvgIpc) is 1.95. The van der Waals surface area contributed by atoms with Crippen molar-refractivity contribution in [3.05, 3.63) is 0 Å². The zero-order valence-electron chi connectivity index (χ0n) is 9.65. The highest BCUT2D eigenvalue weighted by Crippen LogP contribution is 2.23. The predicted octanol–water partition coefficient (Wildman–Crippen LogP) is 3.29. The lowest BCUT2D eigenvalue weighted by Gasteiger charge is -2.22. The first-order valence-corrected chi connectivity index (χ1v) is 4.52. The summed E-state index contributed by atoms with van der Waals surface area (Å²) in [5.41, 5.74) is 5.00. The van der Waals surface area contributed by atoms with Gasteiger partial charge in [-0.2, -0.15) is 0 Å². The quantitative estimate of drug-likeness (QED) is 0.579. The van der Waals surface area contributed by atoms with Crippen molar-refractivity contribution in [3.63, 3.8) is 0 Å². The molecule has 0 aromatic heterocycles. The van der Waals surface area contributed by atoms with Crippen molar-refractivity contribution in [3.8, 4) is 0 Å². The van der Waals surface area contributed by atoms with Gasteiger partial charge in [0.1, 0.15) is 0 Å². The molecule has 0 saturated carbocycles. The van der Waals surface area contributed by atoms with Crippen LogP contribution in [-0.2, 0) is 0 Å². The van der Waals surface area contributed by atoms with Crippen molar-refractivity contribution < 1.29 is 0 Å². The molecule has 0 aliphatic carbocycles. The molecule has 0 rings (SSSR count). The van der Waals surface area contributed by atoms with Crippen LogP contribution in [0.25, 0.3) is 0 Å². The maximum absolute atomic E-state index is 4.50.